The molecule has 1 amide bonds. The zero-order valence-electron chi connectivity index (χ0n) is 10.6. The number of hydrogen-bond acceptors (Lipinski definition) is 4. The van der Waals surface area contributed by atoms with Crippen molar-refractivity contribution in [3.05, 3.63) is 41.7 Å². The van der Waals surface area contributed by atoms with Crippen LogP contribution in [0.4, 0.5) is 5.69 Å². The number of nitrogens with one attached hydrogen (secondary N) is 2. The molecule has 6 heteroatoms. The summed E-state index contributed by atoms with van der Waals surface area (Å²) in [6.45, 7) is 3.74. The van der Waals surface area contributed by atoms with Gasteiger partial charge in [-0.05, 0) is 24.6 Å². The van der Waals surface area contributed by atoms with E-state index in [4.69, 9.17) is 0 Å². The Labute approximate surface area is 110 Å². The van der Waals surface area contributed by atoms with Crippen molar-refractivity contribution in [2.24, 2.45) is 0 Å². The maximum Gasteiger partial charge on any atom is 0.277 e. The third-order valence-electron chi connectivity index (χ3n) is 3.15. The Bertz CT molecular complexity index is 603. The van der Waals surface area contributed by atoms with Crippen LogP contribution in [0.1, 0.15) is 22.1 Å². The zero-order chi connectivity index (χ0) is 13.2. The van der Waals surface area contributed by atoms with E-state index in [1.54, 1.807) is 10.9 Å². The standard InChI is InChI=1S/C13H15N5O/c1-9-3-2-4-10(5-9)15-13(19)12-8-18(17-16-12)11-6-14-7-11/h2-5,8,11,14H,6-7H2,1H3,(H,15,19). The molecule has 3 rings (SSSR count). The van der Waals surface area contributed by atoms with Gasteiger partial charge in [0.1, 0.15) is 0 Å². The summed E-state index contributed by atoms with van der Waals surface area (Å²) in [7, 11) is 0. The van der Waals surface area contributed by atoms with Crippen molar-refractivity contribution in [1.82, 2.24) is 20.3 Å². The van der Waals surface area contributed by atoms with Gasteiger partial charge in [0.2, 0.25) is 0 Å². The van der Waals surface area contributed by atoms with Gasteiger partial charge in [0.25, 0.3) is 5.91 Å². The van der Waals surface area contributed by atoms with Crippen molar-refractivity contribution in [2.45, 2.75) is 13.0 Å². The smallest absolute Gasteiger partial charge is 0.277 e. The Morgan fingerprint density at radius 3 is 3.00 bits per heavy atom. The lowest BCUT2D eigenvalue weighted by atomic mass is 10.2. The topological polar surface area (TPSA) is 71.8 Å². The number of benzene rings is 1. The van der Waals surface area contributed by atoms with Crippen molar-refractivity contribution in [3.63, 3.8) is 0 Å². The van der Waals surface area contributed by atoms with Crippen LogP contribution >= 0.6 is 0 Å². The number of anilines is 1. The Kier molecular flexibility index (Phi) is 3.00. The molecule has 1 aromatic heterocycles. The van der Waals surface area contributed by atoms with Crippen LogP contribution in [0.2, 0.25) is 0 Å². The molecule has 0 aliphatic carbocycles. The highest BCUT2D eigenvalue weighted by molar-refractivity contribution is 6.02. The summed E-state index contributed by atoms with van der Waals surface area (Å²) < 4.78 is 1.74. The summed E-state index contributed by atoms with van der Waals surface area (Å²) in [5.41, 5.74) is 2.21. The van der Waals surface area contributed by atoms with Crippen molar-refractivity contribution in [3.8, 4) is 0 Å². The van der Waals surface area contributed by atoms with Crippen LogP contribution in [0.3, 0.4) is 0 Å². The molecule has 0 radical (unpaired) electrons. The highest BCUT2D eigenvalue weighted by atomic mass is 16.2. The molecule has 19 heavy (non-hydrogen) atoms. The molecule has 0 saturated carbocycles. The SMILES string of the molecule is Cc1cccc(NC(=O)c2cn(C3CNC3)nn2)c1. The minimum Gasteiger partial charge on any atom is -0.321 e. The zero-order valence-corrected chi connectivity index (χ0v) is 10.6. The number of carbonyl (C=O) groups excluding carboxylic acids is 1. The monoisotopic (exact) mass is 257 g/mol. The van der Waals surface area contributed by atoms with Crippen molar-refractivity contribution in [1.29, 1.82) is 0 Å². The van der Waals surface area contributed by atoms with Crippen LogP contribution in [-0.2, 0) is 0 Å². The predicted octanol–water partition coefficient (Wildman–Crippen LogP) is 0.983. The Hall–Kier alpha value is -2.21. The van der Waals surface area contributed by atoms with Gasteiger partial charge < -0.3 is 10.6 Å². The van der Waals surface area contributed by atoms with Gasteiger partial charge in [-0.25, -0.2) is 4.68 Å². The number of amides is 1. The van der Waals surface area contributed by atoms with Crippen LogP contribution < -0.4 is 10.6 Å². The molecule has 1 saturated heterocycles. The first-order chi connectivity index (χ1) is 9.22. The number of rotatable bonds is 3. The van der Waals surface area contributed by atoms with E-state index < -0.39 is 0 Å². The molecule has 2 heterocycles. The largest absolute Gasteiger partial charge is 0.321 e. The molecule has 98 valence electrons. The van der Waals surface area contributed by atoms with E-state index in [0.717, 1.165) is 24.3 Å². The quantitative estimate of drug-likeness (QED) is 0.860. The van der Waals surface area contributed by atoms with Crippen LogP contribution in [0, 0.1) is 6.92 Å². The maximum absolute atomic E-state index is 12.0. The summed E-state index contributed by atoms with van der Waals surface area (Å²) in [4.78, 5) is 12.0. The number of nitrogens with zero attached hydrogens (tertiary/aromatic N) is 3. The van der Waals surface area contributed by atoms with Gasteiger partial charge in [-0.15, -0.1) is 5.10 Å². The van der Waals surface area contributed by atoms with E-state index in [1.165, 1.54) is 0 Å². The number of aromatic nitrogens is 3. The molecule has 0 atom stereocenters. The first-order valence-electron chi connectivity index (χ1n) is 6.23. The van der Waals surface area contributed by atoms with Gasteiger partial charge in [-0.2, -0.15) is 0 Å². The Balaban J connectivity index is 1.71. The molecule has 1 aliphatic heterocycles. The molecular weight excluding hydrogens is 242 g/mol. The molecule has 0 bridgehead atoms. The lowest BCUT2D eigenvalue weighted by Gasteiger charge is -2.26. The van der Waals surface area contributed by atoms with Gasteiger partial charge >= 0.3 is 0 Å². The molecule has 2 aromatic rings. The minimum atomic E-state index is -0.232. The molecule has 2 N–H and O–H groups in total. The highest BCUT2D eigenvalue weighted by Crippen LogP contribution is 2.13. The van der Waals surface area contributed by atoms with Crippen LogP contribution in [0.5, 0.6) is 0 Å². The summed E-state index contributed by atoms with van der Waals surface area (Å²) in [6, 6.07) is 7.97. The van der Waals surface area contributed by atoms with Crippen LogP contribution in [-0.4, -0.2) is 34.0 Å². The second kappa shape index (κ2) is 4.81. The second-order valence-electron chi connectivity index (χ2n) is 4.72. The molecular formula is C13H15N5O. The van der Waals surface area contributed by atoms with E-state index in [-0.39, 0.29) is 5.91 Å². The highest BCUT2D eigenvalue weighted by Gasteiger charge is 2.21. The Morgan fingerprint density at radius 1 is 1.47 bits per heavy atom. The Morgan fingerprint density at radius 2 is 2.32 bits per heavy atom. The van der Waals surface area contributed by atoms with Gasteiger partial charge in [-0.3, -0.25) is 4.79 Å². The lowest BCUT2D eigenvalue weighted by molar-refractivity contribution is 0.102. The predicted molar refractivity (Wildman–Crippen MR) is 71.1 cm³/mol. The first-order valence-corrected chi connectivity index (χ1v) is 6.23. The van der Waals surface area contributed by atoms with Crippen molar-refractivity contribution in [2.75, 3.05) is 18.4 Å². The van der Waals surface area contributed by atoms with Gasteiger partial charge in [0, 0.05) is 18.8 Å². The van der Waals surface area contributed by atoms with E-state index >= 15 is 0 Å². The molecule has 0 unspecified atom stereocenters. The molecule has 1 aromatic carbocycles. The third kappa shape index (κ3) is 2.48. The van der Waals surface area contributed by atoms with E-state index in [2.05, 4.69) is 20.9 Å². The molecule has 1 aliphatic rings. The van der Waals surface area contributed by atoms with Gasteiger partial charge in [0.15, 0.2) is 5.69 Å². The van der Waals surface area contributed by atoms with Crippen LogP contribution in [0.25, 0.3) is 0 Å². The third-order valence-corrected chi connectivity index (χ3v) is 3.15. The summed E-state index contributed by atoms with van der Waals surface area (Å²) >= 11 is 0. The van der Waals surface area contributed by atoms with E-state index in [9.17, 15) is 4.79 Å². The lowest BCUT2D eigenvalue weighted by Crippen LogP contribution is -2.43. The normalized spacial score (nSPS) is 15.0. The number of aryl methyl sites for hydroxylation is 1. The fourth-order valence-corrected chi connectivity index (χ4v) is 1.94. The summed E-state index contributed by atoms with van der Waals surface area (Å²) in [5.74, 6) is -0.232. The second-order valence-corrected chi connectivity index (χ2v) is 4.72. The van der Waals surface area contributed by atoms with E-state index in [0.29, 0.717) is 11.7 Å². The minimum absolute atomic E-state index is 0.232. The average Bonchev–Trinajstić information content (AvgIpc) is 2.76. The fourth-order valence-electron chi connectivity index (χ4n) is 1.94. The first kappa shape index (κ1) is 11.9. The summed E-state index contributed by atoms with van der Waals surface area (Å²) in [5, 5.41) is 13.9. The van der Waals surface area contributed by atoms with Gasteiger partial charge in [0.05, 0.1) is 12.2 Å². The van der Waals surface area contributed by atoms with Crippen molar-refractivity contribution < 1.29 is 4.79 Å². The number of carbonyl (C=O) groups is 1. The average molecular weight is 257 g/mol. The van der Waals surface area contributed by atoms with Gasteiger partial charge in [-0.1, -0.05) is 17.3 Å². The summed E-state index contributed by atoms with van der Waals surface area (Å²) in [6.07, 6.45) is 1.69. The maximum atomic E-state index is 12.0. The molecule has 1 fully saturated rings. The van der Waals surface area contributed by atoms with E-state index in [1.807, 2.05) is 31.2 Å². The molecule has 6 nitrogen and oxygen atoms in total. The molecule has 0 spiro atoms. The van der Waals surface area contributed by atoms with Crippen LogP contribution in [0.15, 0.2) is 30.5 Å². The van der Waals surface area contributed by atoms with Crippen molar-refractivity contribution >= 4 is 11.6 Å². The fraction of sp³-hybridized carbons (Fsp3) is 0.308. The number of hydrogen-bond donors (Lipinski definition) is 2.